The van der Waals surface area contributed by atoms with Crippen LogP contribution in [0.2, 0.25) is 0 Å². The lowest BCUT2D eigenvalue weighted by Crippen LogP contribution is -2.40. The van der Waals surface area contributed by atoms with Gasteiger partial charge < -0.3 is 24.0 Å². The van der Waals surface area contributed by atoms with E-state index in [1.807, 2.05) is 28.0 Å². The zero-order valence-corrected chi connectivity index (χ0v) is 16.6. The number of hydrazine groups is 1. The van der Waals surface area contributed by atoms with Gasteiger partial charge in [0.2, 0.25) is 17.8 Å². The van der Waals surface area contributed by atoms with Crippen LogP contribution in [0.25, 0.3) is 0 Å². The number of hydrogen-bond donors (Lipinski definition) is 2. The second-order valence-corrected chi connectivity index (χ2v) is 6.73. The summed E-state index contributed by atoms with van der Waals surface area (Å²) in [6.07, 6.45) is 0. The maximum Gasteiger partial charge on any atom is 0.276 e. The molecule has 2 aliphatic heterocycles. The van der Waals surface area contributed by atoms with E-state index in [1.165, 1.54) is 0 Å². The number of benzene rings is 1. The first-order valence-corrected chi connectivity index (χ1v) is 9.92. The molecule has 1 aromatic carbocycles. The number of hydrogen-bond acceptors (Lipinski definition) is 10. The number of rotatable bonds is 7. The van der Waals surface area contributed by atoms with Crippen molar-refractivity contribution in [2.45, 2.75) is 0 Å². The molecule has 2 fully saturated rings. The number of morpholine rings is 2. The molecule has 1 amide bonds. The van der Waals surface area contributed by atoms with Crippen molar-refractivity contribution in [3.63, 3.8) is 0 Å². The summed E-state index contributed by atoms with van der Waals surface area (Å²) in [5, 5.41) is 0. The van der Waals surface area contributed by atoms with Gasteiger partial charge in [-0.1, -0.05) is 18.2 Å². The van der Waals surface area contributed by atoms with Crippen LogP contribution in [0, 0.1) is 0 Å². The van der Waals surface area contributed by atoms with Crippen molar-refractivity contribution >= 4 is 23.8 Å². The number of nitrogens with one attached hydrogen (secondary N) is 2. The molecule has 0 unspecified atom stereocenters. The Morgan fingerprint density at radius 2 is 1.47 bits per heavy atom. The molecule has 2 aliphatic rings. The van der Waals surface area contributed by atoms with E-state index in [4.69, 9.17) is 14.2 Å². The van der Waals surface area contributed by atoms with Gasteiger partial charge in [0, 0.05) is 26.2 Å². The third-order valence-corrected chi connectivity index (χ3v) is 4.63. The molecular formula is C19H25N7O4. The number of carbonyl (C=O) groups excluding carboxylic acids is 1. The fraction of sp³-hybridized carbons (Fsp3) is 0.474. The molecule has 0 bridgehead atoms. The summed E-state index contributed by atoms with van der Waals surface area (Å²) in [6.45, 7) is 5.14. The summed E-state index contributed by atoms with van der Waals surface area (Å²) in [4.78, 5) is 29.8. The first kappa shape index (κ1) is 20.1. The van der Waals surface area contributed by atoms with E-state index >= 15 is 0 Å². The Labute approximate surface area is 174 Å². The van der Waals surface area contributed by atoms with E-state index in [9.17, 15) is 4.79 Å². The fourth-order valence-electron chi connectivity index (χ4n) is 3.05. The van der Waals surface area contributed by atoms with Gasteiger partial charge in [-0.05, 0) is 12.1 Å². The van der Waals surface area contributed by atoms with Gasteiger partial charge in [-0.3, -0.25) is 15.6 Å². The van der Waals surface area contributed by atoms with Crippen molar-refractivity contribution in [3.05, 3.63) is 30.3 Å². The summed E-state index contributed by atoms with van der Waals surface area (Å²) >= 11 is 0. The molecule has 2 N–H and O–H groups in total. The number of amides is 1. The smallest absolute Gasteiger partial charge is 0.276 e. The molecule has 0 saturated carbocycles. The first-order valence-electron chi connectivity index (χ1n) is 9.92. The minimum atomic E-state index is -0.347. The van der Waals surface area contributed by atoms with Crippen LogP contribution in [0.1, 0.15) is 0 Å². The molecule has 0 radical (unpaired) electrons. The average Bonchev–Trinajstić information content (AvgIpc) is 2.83. The van der Waals surface area contributed by atoms with Crippen molar-refractivity contribution in [2.24, 2.45) is 0 Å². The molecule has 1 aromatic heterocycles. The number of aromatic nitrogens is 3. The van der Waals surface area contributed by atoms with E-state index in [2.05, 4.69) is 25.8 Å². The van der Waals surface area contributed by atoms with Crippen molar-refractivity contribution in [3.8, 4) is 5.75 Å². The lowest BCUT2D eigenvalue weighted by atomic mass is 10.3. The number of nitrogens with zero attached hydrogens (tertiary/aromatic N) is 5. The van der Waals surface area contributed by atoms with Gasteiger partial charge in [0.15, 0.2) is 6.61 Å². The molecule has 2 saturated heterocycles. The fourth-order valence-corrected chi connectivity index (χ4v) is 3.05. The van der Waals surface area contributed by atoms with Gasteiger partial charge >= 0.3 is 0 Å². The Balaban J connectivity index is 1.42. The number of carbonyl (C=O) groups is 1. The lowest BCUT2D eigenvalue weighted by molar-refractivity contribution is -0.122. The maximum absolute atomic E-state index is 12.1. The molecule has 0 spiro atoms. The predicted molar refractivity (Wildman–Crippen MR) is 110 cm³/mol. The van der Waals surface area contributed by atoms with Crippen molar-refractivity contribution in [1.82, 2.24) is 20.4 Å². The summed E-state index contributed by atoms with van der Waals surface area (Å²) in [5.41, 5.74) is 5.36. The molecule has 11 heteroatoms. The minimum absolute atomic E-state index is 0.130. The minimum Gasteiger partial charge on any atom is -0.484 e. The number of anilines is 3. The van der Waals surface area contributed by atoms with Crippen LogP contribution in [0.15, 0.2) is 30.3 Å². The van der Waals surface area contributed by atoms with Gasteiger partial charge in [0.1, 0.15) is 5.75 Å². The summed E-state index contributed by atoms with van der Waals surface area (Å²) < 4.78 is 16.3. The van der Waals surface area contributed by atoms with Crippen LogP contribution in [0.3, 0.4) is 0 Å². The van der Waals surface area contributed by atoms with Crippen LogP contribution in [-0.4, -0.2) is 80.1 Å². The Kier molecular flexibility index (Phi) is 6.72. The van der Waals surface area contributed by atoms with Gasteiger partial charge in [-0.15, -0.1) is 0 Å². The Hall–Kier alpha value is -3.18. The topological polar surface area (TPSA) is 114 Å². The zero-order valence-electron chi connectivity index (χ0n) is 16.6. The Bertz CT molecular complexity index is 791. The van der Waals surface area contributed by atoms with Crippen LogP contribution >= 0.6 is 0 Å². The van der Waals surface area contributed by atoms with Crippen molar-refractivity contribution in [1.29, 1.82) is 0 Å². The number of para-hydroxylation sites is 1. The van der Waals surface area contributed by atoms with Crippen LogP contribution in [-0.2, 0) is 14.3 Å². The van der Waals surface area contributed by atoms with Crippen LogP contribution in [0.5, 0.6) is 5.75 Å². The maximum atomic E-state index is 12.1. The second-order valence-electron chi connectivity index (χ2n) is 6.73. The summed E-state index contributed by atoms with van der Waals surface area (Å²) in [7, 11) is 0. The average molecular weight is 415 g/mol. The van der Waals surface area contributed by atoms with Gasteiger partial charge in [0.05, 0.1) is 26.4 Å². The van der Waals surface area contributed by atoms with E-state index in [-0.39, 0.29) is 18.5 Å². The van der Waals surface area contributed by atoms with E-state index < -0.39 is 0 Å². The SMILES string of the molecule is O=C(COc1ccccc1)NNc1nc(N2CCOCC2)nc(N2CCOCC2)n1. The van der Waals surface area contributed by atoms with Crippen LogP contribution < -0.4 is 25.4 Å². The third kappa shape index (κ3) is 5.45. The first-order chi connectivity index (χ1) is 14.8. The Morgan fingerprint density at radius 1 is 0.900 bits per heavy atom. The molecule has 4 rings (SSSR count). The lowest BCUT2D eigenvalue weighted by Gasteiger charge is -2.30. The van der Waals surface area contributed by atoms with Crippen LogP contribution in [0.4, 0.5) is 17.8 Å². The summed E-state index contributed by atoms with van der Waals surface area (Å²) in [5.74, 6) is 1.64. The summed E-state index contributed by atoms with van der Waals surface area (Å²) in [6, 6.07) is 9.15. The van der Waals surface area contributed by atoms with E-state index in [0.717, 1.165) is 0 Å². The highest BCUT2D eigenvalue weighted by molar-refractivity contribution is 5.78. The van der Waals surface area contributed by atoms with Crippen molar-refractivity contribution < 1.29 is 19.0 Å². The number of ether oxygens (including phenoxy) is 3. The van der Waals surface area contributed by atoms with E-state index in [1.54, 1.807) is 12.1 Å². The molecule has 2 aromatic rings. The molecule has 0 aliphatic carbocycles. The standard InChI is InChI=1S/C19H25N7O4/c27-16(14-30-15-4-2-1-3-5-15)23-24-17-20-18(25-6-10-28-11-7-25)22-19(21-17)26-8-12-29-13-9-26/h1-5H,6-14H2,(H,23,27)(H,20,21,22,24). The quantitative estimate of drug-likeness (QED) is 0.602. The highest BCUT2D eigenvalue weighted by Crippen LogP contribution is 2.18. The molecular weight excluding hydrogens is 390 g/mol. The molecule has 11 nitrogen and oxygen atoms in total. The van der Waals surface area contributed by atoms with Gasteiger partial charge in [-0.25, -0.2) is 0 Å². The molecule has 3 heterocycles. The predicted octanol–water partition coefficient (Wildman–Crippen LogP) is 0.0669. The molecule has 0 atom stereocenters. The van der Waals surface area contributed by atoms with Gasteiger partial charge in [-0.2, -0.15) is 15.0 Å². The second kappa shape index (κ2) is 10.0. The Morgan fingerprint density at radius 3 is 2.03 bits per heavy atom. The molecule has 160 valence electrons. The third-order valence-electron chi connectivity index (χ3n) is 4.63. The highest BCUT2D eigenvalue weighted by atomic mass is 16.5. The largest absolute Gasteiger partial charge is 0.484 e. The zero-order chi connectivity index (χ0) is 20.6. The normalized spacial score (nSPS) is 16.8. The van der Waals surface area contributed by atoms with Crippen molar-refractivity contribution in [2.75, 3.05) is 74.4 Å². The molecule has 30 heavy (non-hydrogen) atoms. The van der Waals surface area contributed by atoms with Gasteiger partial charge in [0.25, 0.3) is 5.91 Å². The highest BCUT2D eigenvalue weighted by Gasteiger charge is 2.20. The van der Waals surface area contributed by atoms with E-state index in [0.29, 0.717) is 70.3 Å². The monoisotopic (exact) mass is 415 g/mol.